The Hall–Kier alpha value is -2.37. The van der Waals surface area contributed by atoms with Gasteiger partial charge in [-0.05, 0) is 5.56 Å². The molecule has 2 N–H and O–H groups in total. The van der Waals surface area contributed by atoms with Gasteiger partial charge in [-0.25, -0.2) is 9.59 Å². The van der Waals surface area contributed by atoms with E-state index in [4.69, 9.17) is 9.84 Å². The maximum absolute atomic E-state index is 11.5. The minimum Gasteiger partial charge on any atom is -0.479 e. The second kappa shape index (κ2) is 6.39. The first-order valence-corrected chi connectivity index (χ1v) is 5.21. The van der Waals surface area contributed by atoms with Crippen LogP contribution in [-0.2, 0) is 25.7 Å². The van der Waals surface area contributed by atoms with E-state index in [1.54, 1.807) is 24.3 Å². The van der Waals surface area contributed by atoms with Gasteiger partial charge in [0, 0.05) is 6.92 Å². The Morgan fingerprint density at radius 2 is 1.89 bits per heavy atom. The maximum atomic E-state index is 11.5. The second-order valence-corrected chi connectivity index (χ2v) is 3.57. The van der Waals surface area contributed by atoms with Crippen LogP contribution >= 0.6 is 0 Å². The molecule has 1 unspecified atom stereocenters. The molecule has 1 rings (SSSR count). The van der Waals surface area contributed by atoms with Gasteiger partial charge in [0.15, 0.2) is 0 Å². The Balaban J connectivity index is 2.57. The van der Waals surface area contributed by atoms with Crippen LogP contribution < -0.4 is 5.32 Å². The molecule has 0 aromatic heterocycles. The Bertz CT molecular complexity index is 443. The lowest BCUT2D eigenvalue weighted by Gasteiger charge is -2.12. The van der Waals surface area contributed by atoms with Gasteiger partial charge in [-0.1, -0.05) is 30.3 Å². The summed E-state index contributed by atoms with van der Waals surface area (Å²) in [6.45, 7) is 1.09. The van der Waals surface area contributed by atoms with Crippen LogP contribution in [0, 0.1) is 0 Å². The number of benzene rings is 1. The third-order valence-corrected chi connectivity index (χ3v) is 2.05. The minimum absolute atomic E-state index is 0.0387. The van der Waals surface area contributed by atoms with Gasteiger partial charge in [-0.3, -0.25) is 4.79 Å². The van der Waals surface area contributed by atoms with Crippen molar-refractivity contribution < 1.29 is 24.2 Å². The Kier molecular flexibility index (Phi) is 4.86. The first kappa shape index (κ1) is 13.7. The molecule has 96 valence electrons. The number of carbonyl (C=O) groups is 3. The standard InChI is InChI=1S/C12H13NO5/c1-8(14)13-10(11(15)16)12(17)18-7-9-5-3-2-4-6-9/h2-6,10H,7H2,1H3,(H,13,14)(H,15,16). The van der Waals surface area contributed by atoms with Gasteiger partial charge < -0.3 is 15.2 Å². The summed E-state index contributed by atoms with van der Waals surface area (Å²) in [6, 6.07) is 7.15. The van der Waals surface area contributed by atoms with E-state index in [1.807, 2.05) is 11.4 Å². The summed E-state index contributed by atoms with van der Waals surface area (Å²) < 4.78 is 4.82. The fourth-order valence-electron chi connectivity index (χ4n) is 1.24. The summed E-state index contributed by atoms with van der Waals surface area (Å²) in [5.41, 5.74) is 0.734. The van der Waals surface area contributed by atoms with Crippen molar-refractivity contribution in [3.05, 3.63) is 35.9 Å². The highest BCUT2D eigenvalue weighted by Crippen LogP contribution is 2.02. The number of hydrogen-bond acceptors (Lipinski definition) is 4. The van der Waals surface area contributed by atoms with E-state index < -0.39 is 23.9 Å². The Morgan fingerprint density at radius 3 is 2.39 bits per heavy atom. The molecule has 0 bridgehead atoms. The summed E-state index contributed by atoms with van der Waals surface area (Å²) >= 11 is 0. The lowest BCUT2D eigenvalue weighted by Crippen LogP contribution is -2.46. The number of carbonyl (C=O) groups excluding carboxylic acids is 2. The molecule has 0 aliphatic rings. The quantitative estimate of drug-likeness (QED) is 0.580. The van der Waals surface area contributed by atoms with Gasteiger partial charge in [0.1, 0.15) is 6.61 Å². The highest BCUT2D eigenvalue weighted by molar-refractivity contribution is 6.01. The Labute approximate surface area is 104 Å². The molecule has 0 heterocycles. The minimum atomic E-state index is -1.67. The number of esters is 1. The molecule has 18 heavy (non-hydrogen) atoms. The van der Waals surface area contributed by atoms with E-state index in [0.29, 0.717) is 0 Å². The van der Waals surface area contributed by atoms with Crippen LogP contribution in [0.3, 0.4) is 0 Å². The molecule has 0 aliphatic carbocycles. The van der Waals surface area contributed by atoms with Crippen LogP contribution in [0.1, 0.15) is 12.5 Å². The second-order valence-electron chi connectivity index (χ2n) is 3.57. The molecule has 1 amide bonds. The van der Waals surface area contributed by atoms with Crippen molar-refractivity contribution in [2.75, 3.05) is 0 Å². The summed E-state index contributed by atoms with van der Waals surface area (Å²) in [6.07, 6.45) is 0. The van der Waals surface area contributed by atoms with E-state index in [-0.39, 0.29) is 6.61 Å². The van der Waals surface area contributed by atoms with E-state index in [9.17, 15) is 14.4 Å². The molecule has 0 aliphatic heterocycles. The van der Waals surface area contributed by atoms with Crippen LogP contribution in [0.4, 0.5) is 0 Å². The van der Waals surface area contributed by atoms with Crippen molar-refractivity contribution in [1.29, 1.82) is 0 Å². The van der Waals surface area contributed by atoms with E-state index in [0.717, 1.165) is 12.5 Å². The average molecular weight is 251 g/mol. The number of ether oxygens (including phenoxy) is 1. The third-order valence-electron chi connectivity index (χ3n) is 2.05. The first-order chi connectivity index (χ1) is 8.50. The smallest absolute Gasteiger partial charge is 0.340 e. The lowest BCUT2D eigenvalue weighted by molar-refractivity contribution is -0.157. The van der Waals surface area contributed by atoms with Gasteiger partial charge in [-0.2, -0.15) is 0 Å². The van der Waals surface area contributed by atoms with Gasteiger partial charge in [0.25, 0.3) is 0 Å². The van der Waals surface area contributed by atoms with Crippen LogP contribution in [0.15, 0.2) is 30.3 Å². The van der Waals surface area contributed by atoms with Crippen molar-refractivity contribution in [3.63, 3.8) is 0 Å². The molecular weight excluding hydrogens is 238 g/mol. The van der Waals surface area contributed by atoms with Crippen molar-refractivity contribution >= 4 is 17.8 Å². The number of aliphatic carboxylic acids is 1. The van der Waals surface area contributed by atoms with Gasteiger partial charge in [0.05, 0.1) is 0 Å². The Morgan fingerprint density at radius 1 is 1.28 bits per heavy atom. The molecule has 6 heteroatoms. The number of rotatable bonds is 5. The molecule has 1 atom stereocenters. The largest absolute Gasteiger partial charge is 0.479 e. The van der Waals surface area contributed by atoms with Gasteiger partial charge in [0.2, 0.25) is 11.9 Å². The summed E-state index contributed by atoms with van der Waals surface area (Å²) in [5.74, 6) is -3.07. The molecule has 0 fully saturated rings. The number of hydrogen-bond donors (Lipinski definition) is 2. The molecule has 0 saturated heterocycles. The van der Waals surface area contributed by atoms with E-state index in [1.165, 1.54) is 0 Å². The molecule has 1 aromatic carbocycles. The van der Waals surface area contributed by atoms with Crippen molar-refractivity contribution in [2.45, 2.75) is 19.6 Å². The zero-order valence-electron chi connectivity index (χ0n) is 9.75. The predicted molar refractivity (Wildman–Crippen MR) is 61.5 cm³/mol. The van der Waals surface area contributed by atoms with Gasteiger partial charge in [-0.15, -0.1) is 0 Å². The molecule has 6 nitrogen and oxygen atoms in total. The fraction of sp³-hybridized carbons (Fsp3) is 0.250. The number of carboxylic acids is 1. The summed E-state index contributed by atoms with van der Waals surface area (Å²) in [7, 11) is 0. The van der Waals surface area contributed by atoms with Crippen LogP contribution in [-0.4, -0.2) is 29.0 Å². The van der Waals surface area contributed by atoms with E-state index in [2.05, 4.69) is 0 Å². The summed E-state index contributed by atoms with van der Waals surface area (Å²) in [4.78, 5) is 33.0. The topological polar surface area (TPSA) is 92.7 Å². The van der Waals surface area contributed by atoms with Crippen LogP contribution in [0.5, 0.6) is 0 Å². The van der Waals surface area contributed by atoms with Crippen molar-refractivity contribution in [3.8, 4) is 0 Å². The average Bonchev–Trinajstić information content (AvgIpc) is 2.34. The zero-order valence-corrected chi connectivity index (χ0v) is 9.75. The van der Waals surface area contributed by atoms with Crippen LogP contribution in [0.2, 0.25) is 0 Å². The zero-order chi connectivity index (χ0) is 13.5. The molecular formula is C12H13NO5. The lowest BCUT2D eigenvalue weighted by atomic mass is 10.2. The molecule has 1 aromatic rings. The first-order valence-electron chi connectivity index (χ1n) is 5.21. The molecule has 0 radical (unpaired) electrons. The molecule has 0 spiro atoms. The van der Waals surface area contributed by atoms with Gasteiger partial charge >= 0.3 is 11.9 Å². The third kappa shape index (κ3) is 4.25. The molecule has 0 saturated carbocycles. The number of nitrogens with one attached hydrogen (secondary N) is 1. The number of amides is 1. The fourth-order valence-corrected chi connectivity index (χ4v) is 1.24. The van der Waals surface area contributed by atoms with Crippen LogP contribution in [0.25, 0.3) is 0 Å². The SMILES string of the molecule is CC(=O)NC(C(=O)O)C(=O)OCc1ccccc1. The highest BCUT2D eigenvalue weighted by atomic mass is 16.5. The highest BCUT2D eigenvalue weighted by Gasteiger charge is 2.28. The van der Waals surface area contributed by atoms with E-state index >= 15 is 0 Å². The number of carboxylic acid groups (broad SMARTS) is 1. The summed E-state index contributed by atoms with van der Waals surface area (Å²) in [5, 5.41) is 10.8. The predicted octanol–water partition coefficient (Wildman–Crippen LogP) is 0.319. The normalized spacial score (nSPS) is 11.4. The maximum Gasteiger partial charge on any atom is 0.340 e. The monoisotopic (exact) mass is 251 g/mol. The van der Waals surface area contributed by atoms with Crippen molar-refractivity contribution in [1.82, 2.24) is 5.32 Å². The van der Waals surface area contributed by atoms with Crippen molar-refractivity contribution in [2.24, 2.45) is 0 Å².